The first kappa shape index (κ1) is 20.3. The van der Waals surface area contributed by atoms with Crippen molar-refractivity contribution < 1.29 is 8.42 Å². The van der Waals surface area contributed by atoms with Gasteiger partial charge in [0.05, 0.1) is 9.90 Å². The van der Waals surface area contributed by atoms with Crippen molar-refractivity contribution in [2.75, 3.05) is 27.7 Å². The molecule has 0 bridgehead atoms. The van der Waals surface area contributed by atoms with Crippen molar-refractivity contribution in [3.8, 4) is 0 Å². The van der Waals surface area contributed by atoms with Gasteiger partial charge in [-0.3, -0.25) is 4.99 Å². The normalized spacial score (nSPS) is 12.4. The molecule has 0 aliphatic heterocycles. The fourth-order valence-electron chi connectivity index (χ4n) is 2.20. The lowest BCUT2D eigenvalue weighted by Crippen LogP contribution is -2.37. The van der Waals surface area contributed by atoms with Crippen molar-refractivity contribution in [1.82, 2.24) is 19.9 Å². The minimum Gasteiger partial charge on any atom is -0.356 e. The molecule has 1 aromatic carbocycles. The molecule has 0 radical (unpaired) electrons. The van der Waals surface area contributed by atoms with Crippen molar-refractivity contribution in [3.63, 3.8) is 0 Å². The minimum absolute atomic E-state index is 0.285. The van der Waals surface area contributed by atoms with Crippen molar-refractivity contribution in [2.24, 2.45) is 4.99 Å². The predicted molar refractivity (Wildman–Crippen MR) is 106 cm³/mol. The quantitative estimate of drug-likeness (QED) is 0.549. The topological polar surface area (TPSA) is 86.7 Å². The van der Waals surface area contributed by atoms with Gasteiger partial charge in [-0.2, -0.15) is 0 Å². The Morgan fingerprint density at radius 1 is 1.23 bits per heavy atom. The molecule has 1 aromatic heterocycles. The zero-order valence-corrected chi connectivity index (χ0v) is 17.1. The number of benzene rings is 1. The van der Waals surface area contributed by atoms with Gasteiger partial charge in [0.1, 0.15) is 0 Å². The number of nitrogens with zero attached hydrogens (tertiary/aromatic N) is 3. The van der Waals surface area contributed by atoms with Crippen LogP contribution in [0.5, 0.6) is 0 Å². The van der Waals surface area contributed by atoms with Gasteiger partial charge in [0.2, 0.25) is 10.0 Å². The summed E-state index contributed by atoms with van der Waals surface area (Å²) in [5, 5.41) is 7.57. The molecule has 0 amide bonds. The Balaban J connectivity index is 1.84. The molecule has 0 saturated carbocycles. The van der Waals surface area contributed by atoms with E-state index in [1.165, 1.54) is 23.3 Å². The van der Waals surface area contributed by atoms with Gasteiger partial charge in [0.25, 0.3) is 0 Å². The molecule has 0 atom stereocenters. The summed E-state index contributed by atoms with van der Waals surface area (Å²) < 4.78 is 25.3. The van der Waals surface area contributed by atoms with E-state index >= 15 is 0 Å². The number of sulfonamides is 1. The molecular formula is C17H25N5O2S2. The molecule has 0 spiro atoms. The maximum atomic E-state index is 12.1. The number of aryl methyl sites for hydroxylation is 1. The van der Waals surface area contributed by atoms with Gasteiger partial charge in [-0.05, 0) is 24.6 Å². The van der Waals surface area contributed by atoms with Gasteiger partial charge < -0.3 is 10.6 Å². The molecular weight excluding hydrogens is 370 g/mol. The molecule has 0 fully saturated rings. The van der Waals surface area contributed by atoms with Crippen molar-refractivity contribution >= 4 is 27.3 Å². The first-order chi connectivity index (χ1) is 12.3. The first-order valence-corrected chi connectivity index (χ1v) is 10.5. The molecule has 7 nitrogen and oxygen atoms in total. The van der Waals surface area contributed by atoms with Crippen LogP contribution in [0.25, 0.3) is 0 Å². The van der Waals surface area contributed by atoms with Crippen molar-refractivity contribution in [2.45, 2.75) is 24.8 Å². The summed E-state index contributed by atoms with van der Waals surface area (Å²) in [5.74, 6) is 0.697. The lowest BCUT2D eigenvalue weighted by molar-refractivity contribution is 0.520. The third-order valence-electron chi connectivity index (χ3n) is 3.69. The van der Waals surface area contributed by atoms with Crippen LogP contribution in [0.4, 0.5) is 0 Å². The summed E-state index contributed by atoms with van der Waals surface area (Å²) in [6, 6.07) is 6.84. The first-order valence-electron chi connectivity index (χ1n) is 8.20. The van der Waals surface area contributed by atoms with Gasteiger partial charge in [0.15, 0.2) is 5.96 Å². The third-order valence-corrected chi connectivity index (χ3v) is 6.49. The number of rotatable bonds is 7. The van der Waals surface area contributed by atoms with Crippen LogP contribution in [0.15, 0.2) is 40.4 Å². The monoisotopic (exact) mass is 395 g/mol. The van der Waals surface area contributed by atoms with Crippen LogP contribution in [0.2, 0.25) is 0 Å². The number of hydrogen-bond donors (Lipinski definition) is 2. The number of nitrogens with one attached hydrogen (secondary N) is 2. The Labute approximate surface area is 159 Å². The fourth-order valence-corrected chi connectivity index (χ4v) is 3.89. The molecule has 0 aliphatic carbocycles. The van der Waals surface area contributed by atoms with E-state index in [1.54, 1.807) is 42.6 Å². The number of thiazole rings is 1. The van der Waals surface area contributed by atoms with E-state index in [9.17, 15) is 8.42 Å². The third kappa shape index (κ3) is 5.52. The van der Waals surface area contributed by atoms with Crippen LogP contribution in [-0.2, 0) is 23.0 Å². The Morgan fingerprint density at radius 2 is 1.92 bits per heavy atom. The maximum absolute atomic E-state index is 12.1. The highest BCUT2D eigenvalue weighted by atomic mass is 32.2. The van der Waals surface area contributed by atoms with Crippen LogP contribution in [0.3, 0.4) is 0 Å². The highest BCUT2D eigenvalue weighted by Crippen LogP contribution is 2.14. The SMILES string of the molecule is CN=C(NCCc1ncc(C)s1)NCc1ccc(S(=O)(=O)N(C)C)cc1. The number of hydrogen-bond acceptors (Lipinski definition) is 5. The predicted octanol–water partition coefficient (Wildman–Crippen LogP) is 1.61. The molecule has 0 saturated heterocycles. The Kier molecular flexibility index (Phi) is 7.13. The summed E-state index contributed by atoms with van der Waals surface area (Å²) in [6.45, 7) is 3.34. The summed E-state index contributed by atoms with van der Waals surface area (Å²) in [7, 11) is 1.37. The average molecular weight is 396 g/mol. The Morgan fingerprint density at radius 3 is 2.46 bits per heavy atom. The summed E-state index contributed by atoms with van der Waals surface area (Å²) >= 11 is 1.70. The summed E-state index contributed by atoms with van der Waals surface area (Å²) in [6.07, 6.45) is 2.73. The molecule has 0 aliphatic rings. The number of aromatic nitrogens is 1. The number of guanidine groups is 1. The van der Waals surface area contributed by atoms with Gasteiger partial charge >= 0.3 is 0 Å². The average Bonchev–Trinajstić information content (AvgIpc) is 3.03. The number of aliphatic imine (C=N–C) groups is 1. The van der Waals surface area contributed by atoms with Crippen LogP contribution in [-0.4, -0.2) is 51.4 Å². The van der Waals surface area contributed by atoms with Crippen molar-refractivity contribution in [3.05, 3.63) is 45.9 Å². The highest BCUT2D eigenvalue weighted by Gasteiger charge is 2.16. The second kappa shape index (κ2) is 9.11. The molecule has 2 rings (SSSR count). The van der Waals surface area contributed by atoms with Crippen LogP contribution >= 0.6 is 11.3 Å². The van der Waals surface area contributed by atoms with Crippen LogP contribution in [0, 0.1) is 6.92 Å². The van der Waals surface area contributed by atoms with Gasteiger partial charge in [0, 0.05) is 51.7 Å². The largest absolute Gasteiger partial charge is 0.356 e. The van der Waals surface area contributed by atoms with Crippen LogP contribution < -0.4 is 10.6 Å². The van der Waals surface area contributed by atoms with E-state index in [1.807, 2.05) is 13.1 Å². The summed E-state index contributed by atoms with van der Waals surface area (Å²) in [5.41, 5.74) is 0.973. The second-order valence-electron chi connectivity index (χ2n) is 5.90. The van der Waals surface area contributed by atoms with E-state index in [2.05, 4.69) is 20.6 Å². The molecule has 2 aromatic rings. The zero-order chi connectivity index (χ0) is 19.2. The Hall–Kier alpha value is -1.97. The van der Waals surface area contributed by atoms with E-state index in [0.29, 0.717) is 12.5 Å². The standard InChI is InChI=1S/C17H25N5O2S2/c1-13-11-20-16(25-13)9-10-19-17(18-2)21-12-14-5-7-15(8-6-14)26(23,24)22(3)4/h5-8,11H,9-10,12H2,1-4H3,(H2,18,19,21). The maximum Gasteiger partial charge on any atom is 0.242 e. The van der Waals surface area contributed by atoms with Gasteiger partial charge in [-0.1, -0.05) is 12.1 Å². The molecule has 9 heteroatoms. The fraction of sp³-hybridized carbons (Fsp3) is 0.412. The highest BCUT2D eigenvalue weighted by molar-refractivity contribution is 7.89. The van der Waals surface area contributed by atoms with Gasteiger partial charge in [-0.15, -0.1) is 11.3 Å². The van der Waals surface area contributed by atoms with Crippen LogP contribution in [0.1, 0.15) is 15.4 Å². The van der Waals surface area contributed by atoms with E-state index in [4.69, 9.17) is 0 Å². The molecule has 2 N–H and O–H groups in total. The summed E-state index contributed by atoms with van der Waals surface area (Å²) in [4.78, 5) is 10.0. The molecule has 1 heterocycles. The molecule has 0 unspecified atom stereocenters. The lowest BCUT2D eigenvalue weighted by atomic mass is 10.2. The zero-order valence-electron chi connectivity index (χ0n) is 15.5. The van der Waals surface area contributed by atoms with Gasteiger partial charge in [-0.25, -0.2) is 17.7 Å². The van der Waals surface area contributed by atoms with E-state index in [0.717, 1.165) is 23.5 Å². The van der Waals surface area contributed by atoms with Crippen molar-refractivity contribution in [1.29, 1.82) is 0 Å². The minimum atomic E-state index is -3.39. The van der Waals surface area contributed by atoms with E-state index < -0.39 is 10.0 Å². The lowest BCUT2D eigenvalue weighted by Gasteiger charge is -2.13. The second-order valence-corrected chi connectivity index (χ2v) is 9.37. The Bertz CT molecular complexity index is 842. The molecule has 142 valence electrons. The van der Waals surface area contributed by atoms with E-state index in [-0.39, 0.29) is 4.90 Å². The smallest absolute Gasteiger partial charge is 0.242 e. The molecule has 26 heavy (non-hydrogen) atoms.